The molecule has 0 amide bonds. The smallest absolute Gasteiger partial charge is 0.218 e. The normalized spacial score (nSPS) is 11.0. The largest absolute Gasteiger partial charge is 0.477 e. The first-order chi connectivity index (χ1) is 12.7. The highest BCUT2D eigenvalue weighted by Gasteiger charge is 2.05. The molecule has 2 N–H and O–H groups in total. The van der Waals surface area contributed by atoms with E-state index in [0.717, 1.165) is 54.6 Å². The number of nitrogens with one attached hydrogen (secondary N) is 2. The van der Waals surface area contributed by atoms with Crippen LogP contribution in [0.2, 0.25) is 0 Å². The van der Waals surface area contributed by atoms with Gasteiger partial charge in [0.1, 0.15) is 0 Å². The Hall–Kier alpha value is -1.42. The number of nitrogens with zero attached hydrogens (tertiary/aromatic N) is 3. The van der Waals surface area contributed by atoms with E-state index in [-0.39, 0.29) is 24.0 Å². The van der Waals surface area contributed by atoms with Crippen LogP contribution in [0.5, 0.6) is 5.88 Å². The molecule has 2 aromatic heterocycles. The van der Waals surface area contributed by atoms with Crippen molar-refractivity contribution in [3.8, 4) is 5.88 Å². The average molecular weight is 503 g/mol. The quantitative estimate of drug-likeness (QED) is 0.223. The van der Waals surface area contributed by atoms with Crippen LogP contribution in [0.15, 0.2) is 28.7 Å². The summed E-state index contributed by atoms with van der Waals surface area (Å²) in [6.45, 7) is 9.06. The van der Waals surface area contributed by atoms with Crippen molar-refractivity contribution in [2.24, 2.45) is 4.99 Å². The van der Waals surface area contributed by atoms with E-state index < -0.39 is 0 Å². The lowest BCUT2D eigenvalue weighted by Crippen LogP contribution is -2.38. The van der Waals surface area contributed by atoms with Crippen LogP contribution in [0.4, 0.5) is 0 Å². The Morgan fingerprint density at radius 3 is 2.85 bits per heavy atom. The van der Waals surface area contributed by atoms with Gasteiger partial charge < -0.3 is 15.4 Å². The highest BCUT2D eigenvalue weighted by atomic mass is 127. The van der Waals surface area contributed by atoms with E-state index in [1.807, 2.05) is 19.1 Å². The Labute approximate surface area is 183 Å². The minimum atomic E-state index is 0. The molecule has 27 heavy (non-hydrogen) atoms. The molecule has 150 valence electrons. The molecule has 0 bridgehead atoms. The number of ether oxygens (including phenoxy) is 1. The zero-order chi connectivity index (χ0) is 18.6. The van der Waals surface area contributed by atoms with E-state index in [1.54, 1.807) is 17.5 Å². The number of hydrogen-bond donors (Lipinski definition) is 2. The summed E-state index contributed by atoms with van der Waals surface area (Å²) in [5, 5.41) is 9.85. The molecule has 6 nitrogen and oxygen atoms in total. The molecule has 0 aromatic carbocycles. The van der Waals surface area contributed by atoms with Crippen LogP contribution in [-0.2, 0) is 13.0 Å². The maximum atomic E-state index is 5.78. The molecule has 0 unspecified atom stereocenters. The van der Waals surface area contributed by atoms with Gasteiger partial charge >= 0.3 is 0 Å². The maximum absolute atomic E-state index is 5.78. The van der Waals surface area contributed by atoms with Crippen molar-refractivity contribution in [1.29, 1.82) is 0 Å². The molecule has 0 radical (unpaired) electrons. The average Bonchev–Trinajstić information content (AvgIpc) is 3.06. The van der Waals surface area contributed by atoms with Gasteiger partial charge in [-0.2, -0.15) is 0 Å². The predicted molar refractivity (Wildman–Crippen MR) is 123 cm³/mol. The minimum absolute atomic E-state index is 0. The second-order valence-electron chi connectivity index (χ2n) is 5.90. The molecule has 0 aliphatic heterocycles. The van der Waals surface area contributed by atoms with E-state index >= 15 is 0 Å². The van der Waals surface area contributed by atoms with Gasteiger partial charge in [-0.25, -0.2) is 15.0 Å². The first-order valence-corrected chi connectivity index (χ1v) is 10.1. The summed E-state index contributed by atoms with van der Waals surface area (Å²) in [5.41, 5.74) is 2.12. The highest BCUT2D eigenvalue weighted by Crippen LogP contribution is 2.15. The molecule has 0 saturated carbocycles. The van der Waals surface area contributed by atoms with Crippen LogP contribution < -0.4 is 15.4 Å². The topological polar surface area (TPSA) is 71.4 Å². The molecule has 2 heterocycles. The number of aryl methyl sites for hydroxylation is 1. The van der Waals surface area contributed by atoms with Crippen LogP contribution in [0, 0.1) is 6.92 Å². The van der Waals surface area contributed by atoms with Gasteiger partial charge in [-0.15, -0.1) is 35.3 Å². The van der Waals surface area contributed by atoms with Crippen molar-refractivity contribution in [3.63, 3.8) is 0 Å². The van der Waals surface area contributed by atoms with Gasteiger partial charge in [0.25, 0.3) is 0 Å². The van der Waals surface area contributed by atoms with E-state index in [4.69, 9.17) is 4.74 Å². The van der Waals surface area contributed by atoms with Crippen molar-refractivity contribution >= 4 is 41.3 Å². The number of aliphatic imine (C=N–C) groups is 1. The fourth-order valence-electron chi connectivity index (χ4n) is 2.33. The van der Waals surface area contributed by atoms with E-state index in [1.165, 1.54) is 0 Å². The molecule has 2 aromatic rings. The van der Waals surface area contributed by atoms with Gasteiger partial charge in [0.05, 0.1) is 23.9 Å². The van der Waals surface area contributed by atoms with Gasteiger partial charge in [-0.1, -0.05) is 19.4 Å². The SMILES string of the molecule is CCCCOc1ncccc1CN=C(NCC)NCCc1csc(C)n1.I. The molecule has 8 heteroatoms. The first kappa shape index (κ1) is 23.6. The van der Waals surface area contributed by atoms with Crippen LogP contribution in [0.25, 0.3) is 0 Å². The van der Waals surface area contributed by atoms with Crippen molar-refractivity contribution in [2.75, 3.05) is 19.7 Å². The lowest BCUT2D eigenvalue weighted by Gasteiger charge is -2.12. The fraction of sp³-hybridized carbons (Fsp3) is 0.526. The monoisotopic (exact) mass is 503 g/mol. The highest BCUT2D eigenvalue weighted by molar-refractivity contribution is 14.0. The number of halogens is 1. The summed E-state index contributed by atoms with van der Waals surface area (Å²) in [4.78, 5) is 13.5. The third-order valence-electron chi connectivity index (χ3n) is 3.68. The zero-order valence-corrected chi connectivity index (χ0v) is 19.5. The lowest BCUT2D eigenvalue weighted by molar-refractivity contribution is 0.294. The summed E-state index contributed by atoms with van der Waals surface area (Å²) in [6.07, 6.45) is 4.77. The Morgan fingerprint density at radius 1 is 1.30 bits per heavy atom. The van der Waals surface area contributed by atoms with Crippen molar-refractivity contribution in [3.05, 3.63) is 40.0 Å². The first-order valence-electron chi connectivity index (χ1n) is 9.22. The van der Waals surface area contributed by atoms with Gasteiger partial charge in [0, 0.05) is 36.7 Å². The van der Waals surface area contributed by atoms with E-state index in [0.29, 0.717) is 19.0 Å². The van der Waals surface area contributed by atoms with Crippen molar-refractivity contribution < 1.29 is 4.74 Å². The molecule has 0 fully saturated rings. The number of aromatic nitrogens is 2. The van der Waals surface area contributed by atoms with Gasteiger partial charge in [0.2, 0.25) is 5.88 Å². The van der Waals surface area contributed by atoms with E-state index in [9.17, 15) is 0 Å². The molecular formula is C19H30IN5OS. The molecule has 0 atom stereocenters. The number of pyridine rings is 1. The van der Waals surface area contributed by atoms with Crippen molar-refractivity contribution in [1.82, 2.24) is 20.6 Å². The van der Waals surface area contributed by atoms with Gasteiger partial charge in [-0.05, 0) is 26.3 Å². The maximum Gasteiger partial charge on any atom is 0.218 e. The lowest BCUT2D eigenvalue weighted by atomic mass is 10.2. The van der Waals surface area contributed by atoms with Gasteiger partial charge in [0.15, 0.2) is 5.96 Å². The number of guanidine groups is 1. The Morgan fingerprint density at radius 2 is 2.15 bits per heavy atom. The molecule has 2 rings (SSSR count). The third-order valence-corrected chi connectivity index (χ3v) is 4.50. The third kappa shape index (κ3) is 8.87. The number of hydrogen-bond acceptors (Lipinski definition) is 5. The van der Waals surface area contributed by atoms with Gasteiger partial charge in [-0.3, -0.25) is 0 Å². The number of rotatable bonds is 10. The molecular weight excluding hydrogens is 473 g/mol. The van der Waals surface area contributed by atoms with Crippen molar-refractivity contribution in [2.45, 2.75) is 46.6 Å². The van der Waals surface area contributed by atoms with Crippen LogP contribution >= 0.6 is 35.3 Å². The van der Waals surface area contributed by atoms with Crippen LogP contribution in [-0.4, -0.2) is 35.6 Å². The number of thiazole rings is 1. The molecule has 0 saturated heterocycles. The van der Waals surface area contributed by atoms with Crippen LogP contribution in [0.3, 0.4) is 0 Å². The second kappa shape index (κ2) is 13.7. The summed E-state index contributed by atoms with van der Waals surface area (Å²) in [5.74, 6) is 1.47. The molecule has 0 aliphatic carbocycles. The molecule has 0 aliphatic rings. The summed E-state index contributed by atoms with van der Waals surface area (Å²) < 4.78 is 5.78. The summed E-state index contributed by atoms with van der Waals surface area (Å²) in [7, 11) is 0. The van der Waals surface area contributed by atoms with E-state index in [2.05, 4.69) is 44.8 Å². The number of unbranched alkanes of at least 4 members (excludes halogenated alkanes) is 1. The fourth-order valence-corrected chi connectivity index (χ4v) is 2.97. The van der Waals surface area contributed by atoms with Crippen LogP contribution in [0.1, 0.15) is 43.0 Å². The Balaban J connectivity index is 0.00000364. The Kier molecular flexibility index (Phi) is 12.0. The summed E-state index contributed by atoms with van der Waals surface area (Å²) >= 11 is 1.69. The Bertz CT molecular complexity index is 692. The standard InChI is InChI=1S/C19H29N5OS.HI/c1-4-6-12-25-18-16(8-7-10-21-18)13-23-19(20-5-2)22-11-9-17-14-26-15(3)24-17;/h7-8,10,14H,4-6,9,11-13H2,1-3H3,(H2,20,22,23);1H. The second-order valence-corrected chi connectivity index (χ2v) is 6.96. The zero-order valence-electron chi connectivity index (χ0n) is 16.3. The minimum Gasteiger partial charge on any atom is -0.477 e. The predicted octanol–water partition coefficient (Wildman–Crippen LogP) is 3.94. The summed E-state index contributed by atoms with van der Waals surface area (Å²) in [6, 6.07) is 3.93. The molecule has 0 spiro atoms.